The van der Waals surface area contributed by atoms with Gasteiger partial charge in [-0.15, -0.1) is 0 Å². The highest BCUT2D eigenvalue weighted by Crippen LogP contribution is 2.19. The summed E-state index contributed by atoms with van der Waals surface area (Å²) in [6.45, 7) is -0.355. The van der Waals surface area contributed by atoms with Gasteiger partial charge < -0.3 is 19.4 Å². The maximum atomic E-state index is 12.2. The zero-order valence-electron chi connectivity index (χ0n) is 16.5. The van der Waals surface area contributed by atoms with Crippen molar-refractivity contribution in [1.29, 1.82) is 0 Å². The number of nitrogens with zero attached hydrogens (tertiary/aromatic N) is 1. The van der Waals surface area contributed by atoms with Gasteiger partial charge in [0.15, 0.2) is 6.61 Å². The van der Waals surface area contributed by atoms with Gasteiger partial charge in [-0.05, 0) is 35.4 Å². The zero-order chi connectivity index (χ0) is 21.3. The van der Waals surface area contributed by atoms with Gasteiger partial charge in [0, 0.05) is 7.05 Å². The first-order valence-electron chi connectivity index (χ1n) is 9.38. The highest BCUT2D eigenvalue weighted by atomic mass is 16.5. The van der Waals surface area contributed by atoms with Gasteiger partial charge in [-0.1, -0.05) is 42.5 Å². The lowest BCUT2D eigenvalue weighted by atomic mass is 10.0. The van der Waals surface area contributed by atoms with Gasteiger partial charge in [-0.25, -0.2) is 4.79 Å². The summed E-state index contributed by atoms with van der Waals surface area (Å²) in [5.74, 6) is -0.800. The van der Waals surface area contributed by atoms with Crippen molar-refractivity contribution in [1.82, 2.24) is 10.2 Å². The van der Waals surface area contributed by atoms with Crippen molar-refractivity contribution >= 4 is 17.8 Å². The molecule has 154 valence electrons. The summed E-state index contributed by atoms with van der Waals surface area (Å²) in [5.41, 5.74) is 2.37. The first kappa shape index (κ1) is 20.9. The van der Waals surface area contributed by atoms with Gasteiger partial charge in [-0.2, -0.15) is 0 Å². The number of rotatable bonds is 8. The van der Waals surface area contributed by atoms with Crippen LogP contribution in [0.25, 0.3) is 11.1 Å². The largest absolute Gasteiger partial charge is 0.467 e. The smallest absolute Gasteiger partial charge is 0.338 e. The van der Waals surface area contributed by atoms with Crippen LogP contribution in [0.4, 0.5) is 0 Å². The Morgan fingerprint density at radius 3 is 2.30 bits per heavy atom. The number of hydrogen-bond acceptors (Lipinski definition) is 5. The Morgan fingerprint density at radius 1 is 0.933 bits per heavy atom. The second-order valence-electron chi connectivity index (χ2n) is 6.63. The average molecular weight is 406 g/mol. The molecule has 0 atom stereocenters. The van der Waals surface area contributed by atoms with Gasteiger partial charge in [0.1, 0.15) is 5.76 Å². The Kier molecular flexibility index (Phi) is 7.00. The molecule has 3 aromatic rings. The first-order valence-corrected chi connectivity index (χ1v) is 9.38. The number of benzene rings is 2. The summed E-state index contributed by atoms with van der Waals surface area (Å²) < 4.78 is 10.2. The summed E-state index contributed by atoms with van der Waals surface area (Å²) in [6, 6.07) is 20.2. The minimum absolute atomic E-state index is 0.150. The summed E-state index contributed by atoms with van der Waals surface area (Å²) in [5, 5.41) is 2.65. The molecule has 0 spiro atoms. The molecule has 2 amide bonds. The quantitative estimate of drug-likeness (QED) is 0.581. The third-order valence-corrected chi connectivity index (χ3v) is 4.40. The van der Waals surface area contributed by atoms with Crippen LogP contribution in [0.5, 0.6) is 0 Å². The Labute approximate surface area is 174 Å². The van der Waals surface area contributed by atoms with Crippen LogP contribution in [0.3, 0.4) is 0 Å². The average Bonchev–Trinajstić information content (AvgIpc) is 3.30. The molecule has 0 fully saturated rings. The number of ether oxygens (including phenoxy) is 1. The number of nitrogens with one attached hydrogen (secondary N) is 1. The standard InChI is InChI=1S/C23H22N2O5/c1-25(15-21(26)24-14-20-8-5-13-29-20)22(27)16-30-23(28)19-11-9-18(10-12-19)17-6-3-2-4-7-17/h2-13H,14-16H2,1H3,(H,24,26). The molecule has 1 N–H and O–H groups in total. The second-order valence-corrected chi connectivity index (χ2v) is 6.63. The Hall–Kier alpha value is -3.87. The molecule has 2 aromatic carbocycles. The van der Waals surface area contributed by atoms with E-state index in [0.29, 0.717) is 11.3 Å². The lowest BCUT2D eigenvalue weighted by Gasteiger charge is -2.16. The van der Waals surface area contributed by atoms with Crippen molar-refractivity contribution in [2.24, 2.45) is 0 Å². The molecule has 7 nitrogen and oxygen atoms in total. The van der Waals surface area contributed by atoms with E-state index in [1.165, 1.54) is 18.2 Å². The normalized spacial score (nSPS) is 10.3. The third-order valence-electron chi connectivity index (χ3n) is 4.40. The molecule has 3 rings (SSSR count). The van der Waals surface area contributed by atoms with E-state index in [-0.39, 0.29) is 19.0 Å². The van der Waals surface area contributed by atoms with Crippen LogP contribution in [0.2, 0.25) is 0 Å². The van der Waals surface area contributed by atoms with Crippen molar-refractivity contribution in [3.63, 3.8) is 0 Å². The Balaban J connectivity index is 1.44. The fourth-order valence-electron chi connectivity index (χ4n) is 2.71. The van der Waals surface area contributed by atoms with Crippen molar-refractivity contribution in [3.8, 4) is 11.1 Å². The number of amides is 2. The van der Waals surface area contributed by atoms with Crippen molar-refractivity contribution in [2.75, 3.05) is 20.2 Å². The molecule has 0 aliphatic rings. The van der Waals surface area contributed by atoms with Crippen LogP contribution >= 0.6 is 0 Å². The van der Waals surface area contributed by atoms with E-state index in [0.717, 1.165) is 11.1 Å². The number of carbonyl (C=O) groups excluding carboxylic acids is 3. The summed E-state index contributed by atoms with van der Waals surface area (Å²) >= 11 is 0. The van der Waals surface area contributed by atoms with E-state index >= 15 is 0 Å². The van der Waals surface area contributed by atoms with Crippen molar-refractivity contribution in [3.05, 3.63) is 84.3 Å². The van der Waals surface area contributed by atoms with E-state index in [4.69, 9.17) is 9.15 Å². The predicted molar refractivity (Wildman–Crippen MR) is 110 cm³/mol. The van der Waals surface area contributed by atoms with E-state index in [1.54, 1.807) is 24.3 Å². The Bertz CT molecular complexity index is 982. The molecule has 0 saturated carbocycles. The number of furan rings is 1. The first-order chi connectivity index (χ1) is 14.5. The van der Waals surface area contributed by atoms with Gasteiger partial charge in [0.2, 0.25) is 5.91 Å². The zero-order valence-corrected chi connectivity index (χ0v) is 16.5. The second kappa shape index (κ2) is 10.1. The minimum Gasteiger partial charge on any atom is -0.467 e. The number of hydrogen-bond donors (Lipinski definition) is 1. The molecule has 0 bridgehead atoms. The van der Waals surface area contributed by atoms with E-state index in [9.17, 15) is 14.4 Å². The van der Waals surface area contributed by atoms with Gasteiger partial charge in [-0.3, -0.25) is 9.59 Å². The number of carbonyl (C=O) groups is 3. The lowest BCUT2D eigenvalue weighted by molar-refractivity contribution is -0.137. The number of likely N-dealkylation sites (N-methyl/N-ethyl adjacent to an activating group) is 1. The molecule has 1 aromatic heterocycles. The summed E-state index contributed by atoms with van der Waals surface area (Å²) in [6.07, 6.45) is 1.51. The molecule has 7 heteroatoms. The van der Waals surface area contributed by atoms with Crippen molar-refractivity contribution in [2.45, 2.75) is 6.54 Å². The van der Waals surface area contributed by atoms with Gasteiger partial charge in [0.25, 0.3) is 5.91 Å². The molecule has 0 aliphatic heterocycles. The fourth-order valence-corrected chi connectivity index (χ4v) is 2.71. The van der Waals surface area contributed by atoms with Crippen LogP contribution in [-0.2, 0) is 20.9 Å². The molecule has 0 aliphatic carbocycles. The SMILES string of the molecule is CN(CC(=O)NCc1ccco1)C(=O)COC(=O)c1ccc(-c2ccccc2)cc1. The summed E-state index contributed by atoms with van der Waals surface area (Å²) in [4.78, 5) is 37.4. The molecule has 30 heavy (non-hydrogen) atoms. The van der Waals surface area contributed by atoms with Crippen LogP contribution in [0, 0.1) is 0 Å². The highest BCUT2D eigenvalue weighted by Gasteiger charge is 2.16. The highest BCUT2D eigenvalue weighted by molar-refractivity contribution is 5.92. The van der Waals surface area contributed by atoms with E-state index in [1.807, 2.05) is 42.5 Å². The summed E-state index contributed by atoms with van der Waals surface area (Å²) in [7, 11) is 1.47. The molecule has 1 heterocycles. The van der Waals surface area contributed by atoms with Crippen molar-refractivity contribution < 1.29 is 23.5 Å². The van der Waals surface area contributed by atoms with E-state index < -0.39 is 18.5 Å². The third kappa shape index (κ3) is 5.81. The molecule has 0 unspecified atom stereocenters. The van der Waals surface area contributed by atoms with Crippen LogP contribution in [-0.4, -0.2) is 42.9 Å². The predicted octanol–water partition coefficient (Wildman–Crippen LogP) is 2.88. The number of esters is 1. The monoisotopic (exact) mass is 406 g/mol. The van der Waals surface area contributed by atoms with Crippen LogP contribution < -0.4 is 5.32 Å². The van der Waals surface area contributed by atoms with Crippen LogP contribution in [0.1, 0.15) is 16.1 Å². The maximum absolute atomic E-state index is 12.2. The topological polar surface area (TPSA) is 88.8 Å². The molecular weight excluding hydrogens is 384 g/mol. The maximum Gasteiger partial charge on any atom is 0.338 e. The molecule has 0 radical (unpaired) electrons. The fraction of sp³-hybridized carbons (Fsp3) is 0.174. The van der Waals surface area contributed by atoms with E-state index in [2.05, 4.69) is 5.32 Å². The lowest BCUT2D eigenvalue weighted by Crippen LogP contribution is -2.39. The molecular formula is C23H22N2O5. The van der Waals surface area contributed by atoms with Gasteiger partial charge in [0.05, 0.1) is 24.9 Å². The van der Waals surface area contributed by atoms with Crippen LogP contribution in [0.15, 0.2) is 77.4 Å². The minimum atomic E-state index is -0.598. The Morgan fingerprint density at radius 2 is 1.63 bits per heavy atom. The van der Waals surface area contributed by atoms with Gasteiger partial charge >= 0.3 is 5.97 Å². The molecule has 0 saturated heterocycles.